The monoisotopic (exact) mass is 298 g/mol. The minimum atomic E-state index is -0.861. The van der Waals surface area contributed by atoms with Gasteiger partial charge >= 0.3 is 0 Å². The first kappa shape index (κ1) is 12.0. The summed E-state index contributed by atoms with van der Waals surface area (Å²) in [5, 5.41) is 0. The molecule has 0 saturated heterocycles. The molecule has 2 aromatic rings. The second-order valence-corrected chi connectivity index (χ2v) is 4.37. The maximum absolute atomic E-state index is 13.3. The standard InChI is InChI=1S/C13H9BrF2O/c14-10-4-2-5-11(7-10)17-8-9-3-1-6-12(15)13(9)16/h1-7H,8H2. The minimum Gasteiger partial charge on any atom is -0.489 e. The highest BCUT2D eigenvalue weighted by Gasteiger charge is 2.07. The lowest BCUT2D eigenvalue weighted by atomic mass is 10.2. The Morgan fingerprint density at radius 1 is 1.06 bits per heavy atom. The van der Waals surface area contributed by atoms with E-state index in [1.165, 1.54) is 12.1 Å². The van der Waals surface area contributed by atoms with Crippen LogP contribution in [-0.4, -0.2) is 0 Å². The Kier molecular flexibility index (Phi) is 3.74. The molecule has 0 atom stereocenters. The number of benzene rings is 2. The van der Waals surface area contributed by atoms with Crippen LogP contribution in [0.5, 0.6) is 5.75 Å². The van der Waals surface area contributed by atoms with Crippen molar-refractivity contribution in [3.63, 3.8) is 0 Å². The molecule has 0 aliphatic rings. The largest absolute Gasteiger partial charge is 0.489 e. The van der Waals surface area contributed by atoms with Gasteiger partial charge in [-0.1, -0.05) is 34.1 Å². The van der Waals surface area contributed by atoms with E-state index in [0.717, 1.165) is 10.5 Å². The van der Waals surface area contributed by atoms with Crippen LogP contribution in [0.4, 0.5) is 8.78 Å². The van der Waals surface area contributed by atoms with E-state index >= 15 is 0 Å². The summed E-state index contributed by atoms with van der Waals surface area (Å²) in [6, 6.07) is 11.2. The first-order valence-electron chi connectivity index (χ1n) is 4.98. The fraction of sp³-hybridized carbons (Fsp3) is 0.0769. The molecule has 1 nitrogen and oxygen atoms in total. The topological polar surface area (TPSA) is 9.23 Å². The smallest absolute Gasteiger partial charge is 0.165 e. The molecule has 0 unspecified atom stereocenters. The van der Waals surface area contributed by atoms with Gasteiger partial charge in [-0.15, -0.1) is 0 Å². The van der Waals surface area contributed by atoms with E-state index in [9.17, 15) is 8.78 Å². The van der Waals surface area contributed by atoms with Crippen molar-refractivity contribution in [2.24, 2.45) is 0 Å². The van der Waals surface area contributed by atoms with Crippen LogP contribution in [0.2, 0.25) is 0 Å². The Hall–Kier alpha value is -1.42. The van der Waals surface area contributed by atoms with Crippen molar-refractivity contribution in [2.75, 3.05) is 0 Å². The first-order valence-corrected chi connectivity index (χ1v) is 5.77. The van der Waals surface area contributed by atoms with Gasteiger partial charge in [-0.05, 0) is 24.3 Å². The summed E-state index contributed by atoms with van der Waals surface area (Å²) >= 11 is 3.30. The molecule has 0 saturated carbocycles. The highest BCUT2D eigenvalue weighted by atomic mass is 79.9. The maximum atomic E-state index is 13.3. The average molecular weight is 299 g/mol. The number of rotatable bonds is 3. The van der Waals surface area contributed by atoms with Gasteiger partial charge < -0.3 is 4.74 Å². The summed E-state index contributed by atoms with van der Waals surface area (Å²) in [5.41, 5.74) is 0.199. The SMILES string of the molecule is Fc1cccc(COc2cccc(Br)c2)c1F. The zero-order valence-corrected chi connectivity index (χ0v) is 10.4. The van der Waals surface area contributed by atoms with E-state index in [2.05, 4.69) is 15.9 Å². The van der Waals surface area contributed by atoms with Crippen molar-refractivity contribution in [1.29, 1.82) is 0 Å². The third kappa shape index (κ3) is 3.03. The van der Waals surface area contributed by atoms with E-state index < -0.39 is 11.6 Å². The lowest BCUT2D eigenvalue weighted by Crippen LogP contribution is -2.00. The zero-order valence-electron chi connectivity index (χ0n) is 8.79. The number of halogens is 3. The van der Waals surface area contributed by atoms with Crippen LogP contribution in [-0.2, 0) is 6.61 Å². The fourth-order valence-corrected chi connectivity index (χ4v) is 1.76. The van der Waals surface area contributed by atoms with E-state index in [1.807, 2.05) is 6.07 Å². The van der Waals surface area contributed by atoms with E-state index in [0.29, 0.717) is 5.75 Å². The van der Waals surface area contributed by atoms with Gasteiger partial charge in [-0.3, -0.25) is 0 Å². The van der Waals surface area contributed by atoms with Gasteiger partial charge in [-0.2, -0.15) is 0 Å². The van der Waals surface area contributed by atoms with Crippen molar-refractivity contribution < 1.29 is 13.5 Å². The number of hydrogen-bond acceptors (Lipinski definition) is 1. The Labute approximate surface area is 106 Å². The maximum Gasteiger partial charge on any atom is 0.165 e. The molecule has 0 N–H and O–H groups in total. The fourth-order valence-electron chi connectivity index (χ4n) is 1.38. The van der Waals surface area contributed by atoms with Gasteiger partial charge in [0.15, 0.2) is 11.6 Å². The molecule has 0 spiro atoms. The zero-order chi connectivity index (χ0) is 12.3. The second-order valence-electron chi connectivity index (χ2n) is 3.46. The molecular weight excluding hydrogens is 290 g/mol. The molecule has 0 heterocycles. The van der Waals surface area contributed by atoms with Crippen LogP contribution < -0.4 is 4.74 Å². The third-order valence-corrected chi connectivity index (χ3v) is 2.72. The average Bonchev–Trinajstić information content (AvgIpc) is 2.31. The molecule has 0 aliphatic heterocycles. The molecule has 2 rings (SSSR count). The predicted molar refractivity (Wildman–Crippen MR) is 64.8 cm³/mol. The molecule has 0 fully saturated rings. The lowest BCUT2D eigenvalue weighted by molar-refractivity contribution is 0.297. The molecule has 0 aliphatic carbocycles. The molecular formula is C13H9BrF2O. The molecule has 0 amide bonds. The van der Waals surface area contributed by atoms with Gasteiger partial charge in [0.25, 0.3) is 0 Å². The molecule has 0 aromatic heterocycles. The Morgan fingerprint density at radius 3 is 2.59 bits per heavy atom. The highest BCUT2D eigenvalue weighted by molar-refractivity contribution is 9.10. The van der Waals surface area contributed by atoms with Gasteiger partial charge in [0.2, 0.25) is 0 Å². The third-order valence-electron chi connectivity index (χ3n) is 2.22. The Balaban J connectivity index is 2.10. The van der Waals surface area contributed by atoms with E-state index in [4.69, 9.17) is 4.74 Å². The van der Waals surface area contributed by atoms with Crippen LogP contribution >= 0.6 is 15.9 Å². The van der Waals surface area contributed by atoms with Crippen molar-refractivity contribution in [3.05, 3.63) is 64.1 Å². The van der Waals surface area contributed by atoms with Crippen LogP contribution in [0, 0.1) is 11.6 Å². The van der Waals surface area contributed by atoms with Crippen molar-refractivity contribution in [3.8, 4) is 5.75 Å². The van der Waals surface area contributed by atoms with Crippen molar-refractivity contribution >= 4 is 15.9 Å². The van der Waals surface area contributed by atoms with Gasteiger partial charge in [0.05, 0.1) is 0 Å². The summed E-state index contributed by atoms with van der Waals surface area (Å²) in [7, 11) is 0. The first-order chi connectivity index (χ1) is 8.16. The van der Waals surface area contributed by atoms with Crippen LogP contribution in [0.25, 0.3) is 0 Å². The Bertz CT molecular complexity index is 529. The van der Waals surface area contributed by atoms with Gasteiger partial charge in [-0.25, -0.2) is 8.78 Å². The summed E-state index contributed by atoms with van der Waals surface area (Å²) in [5.74, 6) is -1.12. The summed E-state index contributed by atoms with van der Waals surface area (Å²) < 4.78 is 32.5. The van der Waals surface area contributed by atoms with Crippen LogP contribution in [0.15, 0.2) is 46.9 Å². The normalized spacial score (nSPS) is 10.3. The number of hydrogen-bond donors (Lipinski definition) is 0. The van der Waals surface area contributed by atoms with Crippen molar-refractivity contribution in [1.82, 2.24) is 0 Å². The van der Waals surface area contributed by atoms with E-state index in [1.54, 1.807) is 18.2 Å². The molecule has 17 heavy (non-hydrogen) atoms. The quantitative estimate of drug-likeness (QED) is 0.820. The highest BCUT2D eigenvalue weighted by Crippen LogP contribution is 2.20. The molecule has 2 aromatic carbocycles. The van der Waals surface area contributed by atoms with E-state index in [-0.39, 0.29) is 12.2 Å². The molecule has 88 valence electrons. The molecule has 0 radical (unpaired) electrons. The summed E-state index contributed by atoms with van der Waals surface area (Å²) in [4.78, 5) is 0. The minimum absolute atomic E-state index is 0.0000463. The lowest BCUT2D eigenvalue weighted by Gasteiger charge is -2.07. The Morgan fingerprint density at radius 2 is 1.82 bits per heavy atom. The molecule has 4 heteroatoms. The van der Waals surface area contributed by atoms with Crippen molar-refractivity contribution in [2.45, 2.75) is 6.61 Å². The predicted octanol–water partition coefficient (Wildman–Crippen LogP) is 4.31. The summed E-state index contributed by atoms with van der Waals surface area (Å²) in [6.07, 6.45) is 0. The van der Waals surface area contributed by atoms with Gasteiger partial charge in [0.1, 0.15) is 12.4 Å². The van der Waals surface area contributed by atoms with Crippen LogP contribution in [0.3, 0.4) is 0 Å². The van der Waals surface area contributed by atoms with Crippen LogP contribution in [0.1, 0.15) is 5.56 Å². The van der Waals surface area contributed by atoms with Gasteiger partial charge in [0, 0.05) is 10.0 Å². The summed E-state index contributed by atoms with van der Waals surface area (Å²) in [6.45, 7) is 0.0000463. The number of ether oxygens (including phenoxy) is 1. The second kappa shape index (κ2) is 5.27. The molecule has 0 bridgehead atoms.